The summed E-state index contributed by atoms with van der Waals surface area (Å²) < 4.78 is -0.0610. The average Bonchev–Trinajstić information content (AvgIpc) is 2.52. The highest BCUT2D eigenvalue weighted by Crippen LogP contribution is 2.44. The maximum Gasteiger partial charge on any atom is 0.253 e. The highest BCUT2D eigenvalue weighted by atomic mass is 32.2. The van der Waals surface area contributed by atoms with Crippen LogP contribution >= 0.6 is 11.8 Å². The van der Waals surface area contributed by atoms with E-state index in [2.05, 4.69) is 16.9 Å². The summed E-state index contributed by atoms with van der Waals surface area (Å²) in [5.41, 5.74) is 5.38. The molecule has 1 fully saturated rings. The van der Waals surface area contributed by atoms with Crippen LogP contribution in [0.2, 0.25) is 0 Å². The molecule has 0 radical (unpaired) electrons. The molecule has 1 saturated heterocycles. The van der Waals surface area contributed by atoms with E-state index in [1.165, 1.54) is 12.5 Å². The SMILES string of the molecule is CC1(c2nc(N)cc(=O)[nH]2)CCCS1. The van der Waals surface area contributed by atoms with Gasteiger partial charge in [-0.25, -0.2) is 4.98 Å². The van der Waals surface area contributed by atoms with Crippen molar-refractivity contribution < 1.29 is 0 Å². The normalized spacial score (nSPS) is 26.6. The molecule has 1 aromatic rings. The number of hydrogen-bond donors (Lipinski definition) is 2. The van der Waals surface area contributed by atoms with E-state index in [9.17, 15) is 4.79 Å². The highest BCUT2D eigenvalue weighted by Gasteiger charge is 2.33. The molecule has 0 saturated carbocycles. The van der Waals surface area contributed by atoms with Crippen LogP contribution in [-0.2, 0) is 4.75 Å². The van der Waals surface area contributed by atoms with E-state index in [-0.39, 0.29) is 10.3 Å². The molecule has 0 aliphatic carbocycles. The lowest BCUT2D eigenvalue weighted by Crippen LogP contribution is -2.23. The van der Waals surface area contributed by atoms with Gasteiger partial charge in [0, 0.05) is 6.07 Å². The van der Waals surface area contributed by atoms with Crippen LogP contribution in [0.4, 0.5) is 5.82 Å². The Hall–Kier alpha value is -0.970. The van der Waals surface area contributed by atoms with Crippen molar-refractivity contribution in [3.63, 3.8) is 0 Å². The number of nitrogens with two attached hydrogens (primary N) is 1. The molecule has 1 atom stereocenters. The van der Waals surface area contributed by atoms with Gasteiger partial charge >= 0.3 is 0 Å². The number of hydrogen-bond acceptors (Lipinski definition) is 4. The Morgan fingerprint density at radius 2 is 2.50 bits per heavy atom. The van der Waals surface area contributed by atoms with Crippen LogP contribution in [0.25, 0.3) is 0 Å². The van der Waals surface area contributed by atoms with Gasteiger partial charge in [0.05, 0.1) is 4.75 Å². The number of rotatable bonds is 1. The van der Waals surface area contributed by atoms with Crippen LogP contribution in [0.15, 0.2) is 10.9 Å². The van der Waals surface area contributed by atoms with Crippen molar-refractivity contribution in [3.8, 4) is 0 Å². The molecule has 3 N–H and O–H groups in total. The number of aromatic nitrogens is 2. The third-order valence-electron chi connectivity index (χ3n) is 2.48. The Balaban J connectivity index is 2.45. The van der Waals surface area contributed by atoms with E-state index in [1.54, 1.807) is 0 Å². The summed E-state index contributed by atoms with van der Waals surface area (Å²) in [6, 6.07) is 1.31. The fraction of sp³-hybridized carbons (Fsp3) is 0.556. The van der Waals surface area contributed by atoms with Crippen LogP contribution in [-0.4, -0.2) is 15.7 Å². The van der Waals surface area contributed by atoms with Gasteiger partial charge in [-0.15, -0.1) is 11.8 Å². The van der Waals surface area contributed by atoms with Crippen molar-refractivity contribution in [1.29, 1.82) is 0 Å². The van der Waals surface area contributed by atoms with E-state index in [0.29, 0.717) is 11.6 Å². The topological polar surface area (TPSA) is 71.8 Å². The second-order valence-electron chi connectivity index (χ2n) is 3.70. The first kappa shape index (κ1) is 9.58. The van der Waals surface area contributed by atoms with Gasteiger partial charge in [0.1, 0.15) is 11.6 Å². The Kier molecular flexibility index (Phi) is 2.26. The van der Waals surface area contributed by atoms with Crippen LogP contribution in [0.5, 0.6) is 0 Å². The van der Waals surface area contributed by atoms with Gasteiger partial charge in [-0.1, -0.05) is 0 Å². The van der Waals surface area contributed by atoms with Gasteiger partial charge < -0.3 is 10.7 Å². The summed E-state index contributed by atoms with van der Waals surface area (Å²) in [6.45, 7) is 2.10. The first-order chi connectivity index (χ1) is 6.60. The number of nitrogen functional groups attached to an aromatic ring is 1. The van der Waals surface area contributed by atoms with Crippen LogP contribution in [0.1, 0.15) is 25.6 Å². The highest BCUT2D eigenvalue weighted by molar-refractivity contribution is 8.00. The lowest BCUT2D eigenvalue weighted by atomic mass is 10.1. The summed E-state index contributed by atoms with van der Waals surface area (Å²) in [6.07, 6.45) is 2.21. The number of nitrogens with zero attached hydrogens (tertiary/aromatic N) is 1. The molecule has 76 valence electrons. The molecule has 4 nitrogen and oxygen atoms in total. The van der Waals surface area contributed by atoms with Crippen LogP contribution in [0.3, 0.4) is 0 Å². The summed E-state index contributed by atoms with van der Waals surface area (Å²) in [5, 5.41) is 0. The molecule has 1 aliphatic heterocycles. The third kappa shape index (κ3) is 1.64. The lowest BCUT2D eigenvalue weighted by molar-refractivity contribution is 0.603. The molecule has 0 spiro atoms. The fourth-order valence-corrected chi connectivity index (χ4v) is 2.95. The summed E-state index contributed by atoms with van der Waals surface area (Å²) >= 11 is 1.83. The Labute approximate surface area is 86.3 Å². The quantitative estimate of drug-likeness (QED) is 0.729. The van der Waals surface area contributed by atoms with Gasteiger partial charge in [-0.2, -0.15) is 0 Å². The lowest BCUT2D eigenvalue weighted by Gasteiger charge is -2.20. The fourth-order valence-electron chi connectivity index (χ4n) is 1.69. The number of thioether (sulfide) groups is 1. The summed E-state index contributed by atoms with van der Waals surface area (Å²) in [4.78, 5) is 18.2. The van der Waals surface area contributed by atoms with Crippen molar-refractivity contribution >= 4 is 17.6 Å². The molecule has 0 aromatic carbocycles. The molecule has 2 rings (SSSR count). The smallest absolute Gasteiger partial charge is 0.253 e. The van der Waals surface area contributed by atoms with Gasteiger partial charge in [0.15, 0.2) is 0 Å². The van der Waals surface area contributed by atoms with Crippen LogP contribution in [0, 0.1) is 0 Å². The first-order valence-corrected chi connectivity index (χ1v) is 5.60. The van der Waals surface area contributed by atoms with E-state index in [4.69, 9.17) is 5.73 Å². The maximum absolute atomic E-state index is 11.2. The van der Waals surface area contributed by atoms with E-state index in [1.807, 2.05) is 11.8 Å². The van der Waals surface area contributed by atoms with Crippen molar-refractivity contribution in [2.45, 2.75) is 24.5 Å². The molecule has 0 amide bonds. The Morgan fingerprint density at radius 3 is 3.07 bits per heavy atom. The van der Waals surface area contributed by atoms with Gasteiger partial charge in [0.2, 0.25) is 0 Å². The molecular formula is C9H13N3OS. The summed E-state index contributed by atoms with van der Waals surface area (Å²) in [7, 11) is 0. The number of anilines is 1. The number of H-pyrrole nitrogens is 1. The van der Waals surface area contributed by atoms with Gasteiger partial charge in [0.25, 0.3) is 5.56 Å². The zero-order valence-electron chi connectivity index (χ0n) is 8.04. The molecule has 5 heteroatoms. The van der Waals surface area contributed by atoms with Crippen LogP contribution < -0.4 is 11.3 Å². The third-order valence-corrected chi connectivity index (χ3v) is 4.01. The maximum atomic E-state index is 11.2. The Bertz CT molecular complexity index is 395. The standard InChI is InChI=1S/C9H13N3OS/c1-9(3-2-4-14-9)8-11-6(10)5-7(13)12-8/h5H,2-4H2,1H3,(H3,10,11,12,13). The van der Waals surface area contributed by atoms with E-state index >= 15 is 0 Å². The van der Waals surface area contributed by atoms with Crippen molar-refractivity contribution in [2.75, 3.05) is 11.5 Å². The van der Waals surface area contributed by atoms with E-state index in [0.717, 1.165) is 12.2 Å². The zero-order valence-corrected chi connectivity index (χ0v) is 8.86. The first-order valence-electron chi connectivity index (χ1n) is 4.61. The number of nitrogens with one attached hydrogen (secondary N) is 1. The van der Waals surface area contributed by atoms with Crippen molar-refractivity contribution in [1.82, 2.24) is 9.97 Å². The van der Waals surface area contributed by atoms with E-state index < -0.39 is 0 Å². The van der Waals surface area contributed by atoms with Crippen molar-refractivity contribution in [3.05, 3.63) is 22.2 Å². The van der Waals surface area contributed by atoms with Crippen molar-refractivity contribution in [2.24, 2.45) is 0 Å². The molecular weight excluding hydrogens is 198 g/mol. The number of aromatic amines is 1. The largest absolute Gasteiger partial charge is 0.383 e. The minimum absolute atomic E-state index is 0.0610. The second kappa shape index (κ2) is 3.31. The van der Waals surface area contributed by atoms with Gasteiger partial charge in [-0.05, 0) is 25.5 Å². The molecule has 14 heavy (non-hydrogen) atoms. The minimum Gasteiger partial charge on any atom is -0.383 e. The predicted octanol–water partition coefficient (Wildman–Crippen LogP) is 1.09. The minimum atomic E-state index is -0.166. The second-order valence-corrected chi connectivity index (χ2v) is 5.30. The zero-order chi connectivity index (χ0) is 10.2. The molecule has 2 heterocycles. The molecule has 0 bridgehead atoms. The Morgan fingerprint density at radius 1 is 1.71 bits per heavy atom. The monoisotopic (exact) mass is 211 g/mol. The molecule has 1 aliphatic rings. The van der Waals surface area contributed by atoms with Gasteiger partial charge in [-0.3, -0.25) is 4.79 Å². The molecule has 1 aromatic heterocycles. The average molecular weight is 211 g/mol. The predicted molar refractivity (Wildman–Crippen MR) is 58.3 cm³/mol. The summed E-state index contributed by atoms with van der Waals surface area (Å²) in [5.74, 6) is 2.14. The molecule has 1 unspecified atom stereocenters.